The molecule has 0 spiro atoms. The summed E-state index contributed by atoms with van der Waals surface area (Å²) in [5, 5.41) is 0. The molecule has 0 unspecified atom stereocenters. The van der Waals surface area contributed by atoms with Gasteiger partial charge < -0.3 is 0 Å². The van der Waals surface area contributed by atoms with Gasteiger partial charge in [-0.25, -0.2) is 5.48 Å². The Morgan fingerprint density at radius 3 is 2.60 bits per heavy atom. The highest BCUT2D eigenvalue weighted by Gasteiger charge is 1.86. The van der Waals surface area contributed by atoms with Crippen molar-refractivity contribution in [3.05, 3.63) is 35.9 Å². The lowest BCUT2D eigenvalue weighted by Gasteiger charge is -1.99. The molecule has 0 fully saturated rings. The first kappa shape index (κ1) is 7.25. The molecule has 1 aromatic rings. The van der Waals surface area contributed by atoms with Crippen molar-refractivity contribution >= 4 is 0 Å². The third-order valence-electron chi connectivity index (χ3n) is 1.23. The van der Waals surface area contributed by atoms with Gasteiger partial charge in [-0.2, -0.15) is 0 Å². The van der Waals surface area contributed by atoms with E-state index in [-0.39, 0.29) is 0 Å². The van der Waals surface area contributed by atoms with Crippen molar-refractivity contribution in [1.82, 2.24) is 5.48 Å². The minimum atomic E-state index is 0.622. The van der Waals surface area contributed by atoms with Crippen LogP contribution in [0.1, 0.15) is 5.56 Å². The topological polar surface area (TPSA) is 21.3 Å². The highest BCUT2D eigenvalue weighted by atomic mass is 16.6. The van der Waals surface area contributed by atoms with Gasteiger partial charge >= 0.3 is 0 Å². The third kappa shape index (κ3) is 2.17. The van der Waals surface area contributed by atoms with Gasteiger partial charge in [0.2, 0.25) is 0 Å². The average Bonchev–Trinajstić information content (AvgIpc) is 2.03. The monoisotopic (exact) mass is 137 g/mol. The van der Waals surface area contributed by atoms with Gasteiger partial charge in [0.1, 0.15) is 0 Å². The van der Waals surface area contributed by atoms with Gasteiger partial charge in [0.05, 0.1) is 6.61 Å². The SMILES string of the molecule is CNOCc1ccccc1. The predicted octanol–water partition coefficient (Wildman–Crippen LogP) is 1.34. The quantitative estimate of drug-likeness (QED) is 0.635. The molecular formula is C8H11NO. The number of nitrogens with one attached hydrogen (secondary N) is 1. The molecule has 1 N–H and O–H groups in total. The van der Waals surface area contributed by atoms with Crippen LogP contribution in [0.15, 0.2) is 30.3 Å². The summed E-state index contributed by atoms with van der Waals surface area (Å²) in [6.07, 6.45) is 0. The Morgan fingerprint density at radius 1 is 1.30 bits per heavy atom. The van der Waals surface area contributed by atoms with Crippen molar-refractivity contribution in [3.63, 3.8) is 0 Å². The van der Waals surface area contributed by atoms with Crippen LogP contribution in [0.2, 0.25) is 0 Å². The van der Waals surface area contributed by atoms with Gasteiger partial charge in [-0.05, 0) is 5.56 Å². The van der Waals surface area contributed by atoms with Crippen LogP contribution in [0.5, 0.6) is 0 Å². The number of hydrogen-bond acceptors (Lipinski definition) is 2. The first-order valence-corrected chi connectivity index (χ1v) is 3.26. The van der Waals surface area contributed by atoms with Crippen molar-refractivity contribution in [1.29, 1.82) is 0 Å². The second-order valence-electron chi connectivity index (χ2n) is 1.98. The number of hydroxylamine groups is 1. The van der Waals surface area contributed by atoms with Crippen LogP contribution in [0.25, 0.3) is 0 Å². The zero-order valence-electron chi connectivity index (χ0n) is 6.00. The summed E-state index contributed by atoms with van der Waals surface area (Å²) in [4.78, 5) is 4.97. The standard InChI is InChI=1S/C8H11NO/c1-9-10-7-8-5-3-2-4-6-8/h2-6,9H,7H2,1H3. The Morgan fingerprint density at radius 2 is 2.00 bits per heavy atom. The Bertz CT molecular complexity index is 174. The molecule has 0 aromatic heterocycles. The van der Waals surface area contributed by atoms with E-state index in [4.69, 9.17) is 4.84 Å². The van der Waals surface area contributed by atoms with E-state index in [2.05, 4.69) is 5.48 Å². The molecule has 0 amide bonds. The van der Waals surface area contributed by atoms with Gasteiger partial charge in [-0.15, -0.1) is 0 Å². The summed E-state index contributed by atoms with van der Waals surface area (Å²) in [5.74, 6) is 0. The highest BCUT2D eigenvalue weighted by molar-refractivity contribution is 5.13. The molecule has 0 bridgehead atoms. The van der Waals surface area contributed by atoms with E-state index in [0.717, 1.165) is 0 Å². The van der Waals surface area contributed by atoms with E-state index in [9.17, 15) is 0 Å². The molecule has 54 valence electrons. The van der Waals surface area contributed by atoms with E-state index < -0.39 is 0 Å². The van der Waals surface area contributed by atoms with Crippen LogP contribution in [-0.4, -0.2) is 7.05 Å². The molecule has 2 heteroatoms. The zero-order chi connectivity index (χ0) is 7.23. The number of rotatable bonds is 3. The maximum absolute atomic E-state index is 4.97. The number of benzene rings is 1. The zero-order valence-corrected chi connectivity index (χ0v) is 6.00. The normalized spacial score (nSPS) is 9.70. The molecule has 0 aliphatic carbocycles. The largest absolute Gasteiger partial charge is 0.297 e. The molecule has 0 atom stereocenters. The summed E-state index contributed by atoms with van der Waals surface area (Å²) in [5.41, 5.74) is 3.79. The number of hydrogen-bond donors (Lipinski definition) is 1. The minimum Gasteiger partial charge on any atom is -0.297 e. The van der Waals surface area contributed by atoms with Gasteiger partial charge in [-0.1, -0.05) is 30.3 Å². The molecule has 0 aliphatic heterocycles. The molecule has 1 aromatic carbocycles. The second kappa shape index (κ2) is 4.04. The van der Waals surface area contributed by atoms with Crippen LogP contribution in [0.4, 0.5) is 0 Å². The van der Waals surface area contributed by atoms with Gasteiger partial charge in [0.15, 0.2) is 0 Å². The molecule has 10 heavy (non-hydrogen) atoms. The van der Waals surface area contributed by atoms with Crippen molar-refractivity contribution in [2.75, 3.05) is 7.05 Å². The van der Waals surface area contributed by atoms with Crippen LogP contribution >= 0.6 is 0 Å². The average molecular weight is 137 g/mol. The van der Waals surface area contributed by atoms with E-state index in [1.165, 1.54) is 5.56 Å². The van der Waals surface area contributed by atoms with E-state index in [0.29, 0.717) is 6.61 Å². The van der Waals surface area contributed by atoms with E-state index in [1.807, 2.05) is 30.3 Å². The summed E-state index contributed by atoms with van der Waals surface area (Å²) in [7, 11) is 1.75. The molecule has 0 radical (unpaired) electrons. The molecule has 1 rings (SSSR count). The first-order valence-electron chi connectivity index (χ1n) is 3.26. The molecule has 0 heterocycles. The fraction of sp³-hybridized carbons (Fsp3) is 0.250. The minimum absolute atomic E-state index is 0.622. The molecule has 2 nitrogen and oxygen atoms in total. The Labute approximate surface area is 60.8 Å². The van der Waals surface area contributed by atoms with E-state index in [1.54, 1.807) is 7.05 Å². The molecule has 0 saturated heterocycles. The van der Waals surface area contributed by atoms with Crippen molar-refractivity contribution < 1.29 is 4.84 Å². The van der Waals surface area contributed by atoms with Crippen LogP contribution in [0.3, 0.4) is 0 Å². The predicted molar refractivity (Wildman–Crippen MR) is 40.3 cm³/mol. The summed E-state index contributed by atoms with van der Waals surface area (Å²) in [6.45, 7) is 0.622. The van der Waals surface area contributed by atoms with Crippen LogP contribution in [0, 0.1) is 0 Å². The lowest BCUT2D eigenvalue weighted by Crippen LogP contribution is -2.06. The summed E-state index contributed by atoms with van der Waals surface area (Å²) < 4.78 is 0. The molecule has 0 saturated carbocycles. The Kier molecular flexibility index (Phi) is 2.93. The maximum atomic E-state index is 4.97. The summed E-state index contributed by atoms with van der Waals surface area (Å²) >= 11 is 0. The van der Waals surface area contributed by atoms with Crippen LogP contribution < -0.4 is 5.48 Å². The molecular weight excluding hydrogens is 126 g/mol. The Balaban J connectivity index is 2.43. The highest BCUT2D eigenvalue weighted by Crippen LogP contribution is 1.98. The van der Waals surface area contributed by atoms with Gasteiger partial charge in [0, 0.05) is 7.05 Å². The maximum Gasteiger partial charge on any atom is 0.0932 e. The lowest BCUT2D eigenvalue weighted by molar-refractivity contribution is 0.0444. The lowest BCUT2D eigenvalue weighted by atomic mass is 10.2. The van der Waals surface area contributed by atoms with E-state index >= 15 is 0 Å². The van der Waals surface area contributed by atoms with Crippen LogP contribution in [-0.2, 0) is 11.4 Å². The van der Waals surface area contributed by atoms with Crippen molar-refractivity contribution in [2.45, 2.75) is 6.61 Å². The molecule has 0 aliphatic rings. The summed E-state index contributed by atoms with van der Waals surface area (Å²) in [6, 6.07) is 10.0. The van der Waals surface area contributed by atoms with Crippen molar-refractivity contribution in [2.24, 2.45) is 0 Å². The fourth-order valence-electron chi connectivity index (χ4n) is 0.730. The first-order chi connectivity index (χ1) is 4.93. The Hall–Kier alpha value is -0.860. The van der Waals surface area contributed by atoms with Crippen molar-refractivity contribution in [3.8, 4) is 0 Å². The second-order valence-corrected chi connectivity index (χ2v) is 1.98. The van der Waals surface area contributed by atoms with Gasteiger partial charge in [0.25, 0.3) is 0 Å². The third-order valence-corrected chi connectivity index (χ3v) is 1.23. The smallest absolute Gasteiger partial charge is 0.0932 e. The fourth-order valence-corrected chi connectivity index (χ4v) is 0.730. The van der Waals surface area contributed by atoms with Gasteiger partial charge in [-0.3, -0.25) is 4.84 Å².